The van der Waals surface area contributed by atoms with E-state index in [1.807, 2.05) is 18.2 Å². The Morgan fingerprint density at radius 3 is 2.76 bits per heavy atom. The number of hydrogen-bond donors (Lipinski definition) is 1. The van der Waals surface area contributed by atoms with Crippen LogP contribution in [0.3, 0.4) is 0 Å². The van der Waals surface area contributed by atoms with Crippen LogP contribution in [0, 0.1) is 11.3 Å². The van der Waals surface area contributed by atoms with Crippen molar-refractivity contribution in [2.75, 3.05) is 44.2 Å². The summed E-state index contributed by atoms with van der Waals surface area (Å²) in [7, 11) is 0. The summed E-state index contributed by atoms with van der Waals surface area (Å²) in [6, 6.07) is 5.99. The van der Waals surface area contributed by atoms with Gasteiger partial charge in [-0.3, -0.25) is 9.69 Å². The van der Waals surface area contributed by atoms with Crippen LogP contribution in [-0.4, -0.2) is 55.1 Å². The van der Waals surface area contributed by atoms with Crippen molar-refractivity contribution in [1.29, 1.82) is 5.26 Å². The molecule has 0 radical (unpaired) electrons. The normalized spacial score (nSPS) is 15.5. The van der Waals surface area contributed by atoms with Crippen molar-refractivity contribution < 1.29 is 4.79 Å². The lowest BCUT2D eigenvalue weighted by molar-refractivity contribution is -0.122. The molecular weight excluding hydrogens is 334 g/mol. The topological polar surface area (TPSA) is 72.3 Å². The highest BCUT2D eigenvalue weighted by molar-refractivity contribution is 9.10. The molecule has 1 aliphatic heterocycles. The van der Waals surface area contributed by atoms with Gasteiger partial charge < -0.3 is 10.2 Å². The van der Waals surface area contributed by atoms with Gasteiger partial charge in [-0.2, -0.15) is 5.26 Å². The van der Waals surface area contributed by atoms with Gasteiger partial charge in [-0.15, -0.1) is 0 Å². The fourth-order valence-corrected chi connectivity index (χ4v) is 2.44. The molecule has 0 aliphatic carbocycles. The van der Waals surface area contributed by atoms with E-state index < -0.39 is 0 Å². The highest BCUT2D eigenvalue weighted by Crippen LogP contribution is 2.16. The van der Waals surface area contributed by atoms with Crippen LogP contribution in [0.15, 0.2) is 22.8 Å². The Kier molecular flexibility index (Phi) is 5.96. The van der Waals surface area contributed by atoms with Crippen molar-refractivity contribution in [3.8, 4) is 6.07 Å². The van der Waals surface area contributed by atoms with E-state index >= 15 is 0 Å². The lowest BCUT2D eigenvalue weighted by atomic mass is 10.3. The first-order chi connectivity index (χ1) is 10.2. The van der Waals surface area contributed by atoms with Gasteiger partial charge in [0.25, 0.3) is 0 Å². The number of halogens is 1. The maximum Gasteiger partial charge on any atom is 0.234 e. The number of carbonyl (C=O) groups is 1. The third-order valence-corrected chi connectivity index (χ3v) is 3.80. The van der Waals surface area contributed by atoms with Crippen molar-refractivity contribution in [2.24, 2.45) is 0 Å². The fraction of sp³-hybridized carbons (Fsp3) is 0.500. The number of rotatable bonds is 5. The van der Waals surface area contributed by atoms with E-state index in [1.165, 1.54) is 0 Å². The SMILES string of the molecule is N#CCCNC(=O)CN1CCN(c2ccc(Br)cn2)CC1. The molecule has 0 unspecified atom stereocenters. The minimum atomic E-state index is -0.0135. The zero-order valence-corrected chi connectivity index (χ0v) is 13.3. The molecule has 2 rings (SSSR count). The molecule has 0 atom stereocenters. The largest absolute Gasteiger partial charge is 0.354 e. The minimum absolute atomic E-state index is 0.0135. The lowest BCUT2D eigenvalue weighted by Gasteiger charge is -2.35. The maximum absolute atomic E-state index is 11.7. The summed E-state index contributed by atoms with van der Waals surface area (Å²) in [6.07, 6.45) is 2.15. The number of hydrogen-bond acceptors (Lipinski definition) is 5. The number of anilines is 1. The molecule has 1 amide bonds. The van der Waals surface area contributed by atoms with Crippen molar-refractivity contribution in [3.63, 3.8) is 0 Å². The summed E-state index contributed by atoms with van der Waals surface area (Å²) in [6.45, 7) is 4.22. The standard InChI is InChI=1S/C14H18BrN5O/c15-12-2-3-13(18-10-12)20-8-6-19(7-9-20)11-14(21)17-5-1-4-16/h2-3,10H,1,5-9,11H2,(H,17,21). The number of carbonyl (C=O) groups excluding carboxylic acids is 1. The first-order valence-corrected chi connectivity index (χ1v) is 7.71. The maximum atomic E-state index is 11.7. The van der Waals surface area contributed by atoms with Crippen LogP contribution in [0.2, 0.25) is 0 Å². The zero-order chi connectivity index (χ0) is 15.1. The van der Waals surface area contributed by atoms with Crippen LogP contribution >= 0.6 is 15.9 Å². The highest BCUT2D eigenvalue weighted by Gasteiger charge is 2.19. The number of amides is 1. The predicted molar refractivity (Wildman–Crippen MR) is 83.8 cm³/mol. The smallest absolute Gasteiger partial charge is 0.234 e. The van der Waals surface area contributed by atoms with Crippen LogP contribution in [-0.2, 0) is 4.79 Å². The van der Waals surface area contributed by atoms with E-state index in [2.05, 4.69) is 36.0 Å². The fourth-order valence-electron chi connectivity index (χ4n) is 2.21. The second-order valence-electron chi connectivity index (χ2n) is 4.86. The molecule has 0 bridgehead atoms. The van der Waals surface area contributed by atoms with E-state index in [0.717, 1.165) is 36.5 Å². The van der Waals surface area contributed by atoms with Crippen molar-refractivity contribution in [3.05, 3.63) is 22.8 Å². The van der Waals surface area contributed by atoms with Gasteiger partial charge in [-0.05, 0) is 28.1 Å². The third kappa shape index (κ3) is 4.99. The molecule has 7 heteroatoms. The van der Waals surface area contributed by atoms with Gasteiger partial charge in [0.1, 0.15) is 5.82 Å². The van der Waals surface area contributed by atoms with Gasteiger partial charge in [0.05, 0.1) is 19.0 Å². The van der Waals surface area contributed by atoms with Crippen molar-refractivity contribution >= 4 is 27.7 Å². The molecule has 1 saturated heterocycles. The molecule has 6 nitrogen and oxygen atoms in total. The van der Waals surface area contributed by atoms with Crippen molar-refractivity contribution in [1.82, 2.24) is 15.2 Å². The van der Waals surface area contributed by atoms with Crippen LogP contribution in [0.1, 0.15) is 6.42 Å². The molecule has 21 heavy (non-hydrogen) atoms. The molecule has 1 aromatic heterocycles. The number of pyridine rings is 1. The average molecular weight is 352 g/mol. The van der Waals surface area contributed by atoms with Gasteiger partial charge in [-0.1, -0.05) is 0 Å². The number of aromatic nitrogens is 1. The van der Waals surface area contributed by atoms with Gasteiger partial charge in [0.2, 0.25) is 5.91 Å². The van der Waals surface area contributed by atoms with Crippen LogP contribution < -0.4 is 10.2 Å². The average Bonchev–Trinajstić information content (AvgIpc) is 2.49. The minimum Gasteiger partial charge on any atom is -0.354 e. The molecule has 1 fully saturated rings. The zero-order valence-electron chi connectivity index (χ0n) is 11.8. The van der Waals surface area contributed by atoms with Gasteiger partial charge >= 0.3 is 0 Å². The van der Waals surface area contributed by atoms with E-state index in [4.69, 9.17) is 5.26 Å². The van der Waals surface area contributed by atoms with Gasteiger partial charge in [-0.25, -0.2) is 4.98 Å². The Morgan fingerprint density at radius 1 is 1.38 bits per heavy atom. The number of nitriles is 1. The van der Waals surface area contributed by atoms with E-state index in [0.29, 0.717) is 19.5 Å². The van der Waals surface area contributed by atoms with Gasteiger partial charge in [0, 0.05) is 43.4 Å². The Balaban J connectivity index is 1.74. The molecule has 0 aromatic carbocycles. The second-order valence-corrected chi connectivity index (χ2v) is 5.77. The molecule has 1 aromatic rings. The first kappa shape index (κ1) is 15.7. The molecule has 0 saturated carbocycles. The number of piperazine rings is 1. The summed E-state index contributed by atoms with van der Waals surface area (Å²) in [5.74, 6) is 0.955. The summed E-state index contributed by atoms with van der Waals surface area (Å²) in [5, 5.41) is 11.2. The summed E-state index contributed by atoms with van der Waals surface area (Å²) in [4.78, 5) is 20.4. The Labute approximate surface area is 132 Å². The van der Waals surface area contributed by atoms with Crippen molar-refractivity contribution in [2.45, 2.75) is 6.42 Å². The number of nitrogens with zero attached hydrogens (tertiary/aromatic N) is 4. The second kappa shape index (κ2) is 7.96. The molecule has 2 heterocycles. The van der Waals surface area contributed by atoms with E-state index in [9.17, 15) is 4.79 Å². The Morgan fingerprint density at radius 2 is 2.14 bits per heavy atom. The predicted octanol–water partition coefficient (Wildman–Crippen LogP) is 0.996. The first-order valence-electron chi connectivity index (χ1n) is 6.91. The quantitative estimate of drug-likeness (QED) is 0.801. The number of nitrogens with one attached hydrogen (secondary N) is 1. The monoisotopic (exact) mass is 351 g/mol. The van der Waals surface area contributed by atoms with Crippen LogP contribution in [0.5, 0.6) is 0 Å². The van der Waals surface area contributed by atoms with Crippen LogP contribution in [0.25, 0.3) is 0 Å². The highest BCUT2D eigenvalue weighted by atomic mass is 79.9. The molecule has 1 aliphatic rings. The lowest BCUT2D eigenvalue weighted by Crippen LogP contribution is -2.49. The molecule has 0 spiro atoms. The third-order valence-electron chi connectivity index (χ3n) is 3.33. The summed E-state index contributed by atoms with van der Waals surface area (Å²) < 4.78 is 0.971. The van der Waals surface area contributed by atoms with E-state index in [1.54, 1.807) is 6.20 Å². The summed E-state index contributed by atoms with van der Waals surface area (Å²) >= 11 is 3.38. The molecule has 112 valence electrons. The Bertz CT molecular complexity index is 505. The van der Waals surface area contributed by atoms with Crippen LogP contribution in [0.4, 0.5) is 5.82 Å². The van der Waals surface area contributed by atoms with E-state index in [-0.39, 0.29) is 5.91 Å². The Hall–Kier alpha value is -1.65. The van der Waals surface area contributed by atoms with Gasteiger partial charge in [0.15, 0.2) is 0 Å². The molecule has 1 N–H and O–H groups in total. The molecular formula is C14H18BrN5O. The summed E-state index contributed by atoms with van der Waals surface area (Å²) in [5.41, 5.74) is 0.